The first-order valence-corrected chi connectivity index (χ1v) is 10.4. The first-order valence-electron chi connectivity index (χ1n) is 8.63. The van der Waals surface area contributed by atoms with E-state index in [1.54, 1.807) is 24.3 Å². The van der Waals surface area contributed by atoms with Gasteiger partial charge in [-0.3, -0.25) is 14.5 Å². The molecule has 4 rings (SSSR count). The zero-order chi connectivity index (χ0) is 19.7. The number of benzene rings is 1. The van der Waals surface area contributed by atoms with Gasteiger partial charge in [0.15, 0.2) is 5.69 Å². The van der Waals surface area contributed by atoms with E-state index in [0.29, 0.717) is 34.8 Å². The number of hydrogen-bond acceptors (Lipinski definition) is 7. The molecule has 7 nitrogen and oxygen atoms in total. The molecule has 2 amide bonds. The second-order valence-electron chi connectivity index (χ2n) is 6.23. The normalized spacial score (nSPS) is 13.2. The Labute approximate surface area is 168 Å². The number of carbonyl (C=O) groups is 3. The van der Waals surface area contributed by atoms with Crippen LogP contribution >= 0.6 is 22.7 Å². The number of hydrogen-bond donors (Lipinski definition) is 1. The number of aromatic carboxylic acids is 1. The molecule has 0 unspecified atom stereocenters. The SMILES string of the molecule is O=C(O)c1csc(-c2csc(CCCCN3C(=O)c4ccccc4C3=O)n2)n1. The van der Waals surface area contributed by atoms with E-state index in [2.05, 4.69) is 9.97 Å². The minimum Gasteiger partial charge on any atom is -0.476 e. The van der Waals surface area contributed by atoms with Crippen molar-refractivity contribution in [3.05, 3.63) is 56.9 Å². The maximum absolute atomic E-state index is 12.3. The van der Waals surface area contributed by atoms with Crippen LogP contribution in [0.2, 0.25) is 0 Å². The molecule has 142 valence electrons. The van der Waals surface area contributed by atoms with E-state index in [-0.39, 0.29) is 17.5 Å². The number of imide groups is 1. The molecule has 2 aromatic heterocycles. The zero-order valence-electron chi connectivity index (χ0n) is 14.6. The van der Waals surface area contributed by atoms with Crippen molar-refractivity contribution < 1.29 is 19.5 Å². The van der Waals surface area contributed by atoms with Gasteiger partial charge in [0.25, 0.3) is 11.8 Å². The summed E-state index contributed by atoms with van der Waals surface area (Å²) in [6.45, 7) is 0.388. The maximum Gasteiger partial charge on any atom is 0.355 e. The standard InChI is InChI=1S/C19H15N3O4S2/c23-17-11-5-1-2-6-12(11)18(24)22(17)8-4-3-7-15-20-13(9-27-15)16-21-14(10-28-16)19(25)26/h1-2,5-6,9-10H,3-4,7-8H2,(H,25,26). The Morgan fingerprint density at radius 2 is 1.71 bits per heavy atom. The number of nitrogens with zero attached hydrogens (tertiary/aromatic N) is 3. The lowest BCUT2D eigenvalue weighted by Crippen LogP contribution is -2.30. The lowest BCUT2D eigenvalue weighted by molar-refractivity contribution is 0.0648. The number of aromatic nitrogens is 2. The first kappa shape index (κ1) is 18.5. The van der Waals surface area contributed by atoms with E-state index in [1.165, 1.54) is 33.0 Å². The molecule has 0 saturated carbocycles. The summed E-state index contributed by atoms with van der Waals surface area (Å²) in [6.07, 6.45) is 2.21. The lowest BCUT2D eigenvalue weighted by Gasteiger charge is -2.13. The van der Waals surface area contributed by atoms with Gasteiger partial charge in [-0.15, -0.1) is 22.7 Å². The van der Waals surface area contributed by atoms with Crippen molar-refractivity contribution in [1.82, 2.24) is 14.9 Å². The van der Waals surface area contributed by atoms with Crippen molar-refractivity contribution in [2.45, 2.75) is 19.3 Å². The number of carboxylic acid groups (broad SMARTS) is 1. The van der Waals surface area contributed by atoms with Gasteiger partial charge in [0.1, 0.15) is 10.7 Å². The summed E-state index contributed by atoms with van der Waals surface area (Å²) in [6, 6.07) is 6.88. The lowest BCUT2D eigenvalue weighted by atomic mass is 10.1. The first-order chi connectivity index (χ1) is 13.5. The zero-order valence-corrected chi connectivity index (χ0v) is 16.3. The summed E-state index contributed by atoms with van der Waals surface area (Å²) in [5.74, 6) is -1.50. The average molecular weight is 413 g/mol. The van der Waals surface area contributed by atoms with Crippen molar-refractivity contribution in [2.24, 2.45) is 0 Å². The Bertz CT molecular complexity index is 1040. The topological polar surface area (TPSA) is 100 Å². The fourth-order valence-corrected chi connectivity index (χ4v) is 4.65. The van der Waals surface area contributed by atoms with Crippen molar-refractivity contribution >= 4 is 40.5 Å². The Morgan fingerprint density at radius 1 is 1.00 bits per heavy atom. The molecule has 0 radical (unpaired) electrons. The second-order valence-corrected chi connectivity index (χ2v) is 8.03. The Morgan fingerprint density at radius 3 is 2.36 bits per heavy atom. The average Bonchev–Trinajstić information content (AvgIpc) is 3.40. The van der Waals surface area contributed by atoms with Crippen molar-refractivity contribution in [3.63, 3.8) is 0 Å². The van der Waals surface area contributed by atoms with E-state index in [0.717, 1.165) is 17.8 Å². The van der Waals surface area contributed by atoms with Gasteiger partial charge >= 0.3 is 5.97 Å². The number of amides is 2. The summed E-state index contributed by atoms with van der Waals surface area (Å²) in [5, 5.41) is 13.8. The van der Waals surface area contributed by atoms with Gasteiger partial charge in [0, 0.05) is 17.3 Å². The van der Waals surface area contributed by atoms with Crippen LogP contribution in [-0.2, 0) is 6.42 Å². The number of thiazole rings is 2. The Balaban J connectivity index is 1.31. The van der Waals surface area contributed by atoms with Crippen LogP contribution in [0.1, 0.15) is 49.1 Å². The summed E-state index contributed by atoms with van der Waals surface area (Å²) in [7, 11) is 0. The minimum absolute atomic E-state index is 0.0236. The van der Waals surface area contributed by atoms with Gasteiger partial charge in [0.2, 0.25) is 0 Å². The molecule has 0 saturated heterocycles. The summed E-state index contributed by atoms with van der Waals surface area (Å²) >= 11 is 2.75. The largest absolute Gasteiger partial charge is 0.476 e. The molecule has 3 heterocycles. The van der Waals surface area contributed by atoms with Crippen LogP contribution < -0.4 is 0 Å². The second kappa shape index (κ2) is 7.61. The molecule has 9 heteroatoms. The van der Waals surface area contributed by atoms with Crippen LogP contribution in [0, 0.1) is 0 Å². The van der Waals surface area contributed by atoms with Gasteiger partial charge < -0.3 is 5.11 Å². The number of fused-ring (bicyclic) bond motifs is 1. The molecule has 1 N–H and O–H groups in total. The highest BCUT2D eigenvalue weighted by Crippen LogP contribution is 2.26. The minimum atomic E-state index is -1.05. The van der Waals surface area contributed by atoms with E-state index < -0.39 is 5.97 Å². The van der Waals surface area contributed by atoms with Gasteiger partial charge in [-0.25, -0.2) is 14.8 Å². The smallest absolute Gasteiger partial charge is 0.355 e. The fourth-order valence-electron chi connectivity index (χ4n) is 3.00. The molecule has 0 atom stereocenters. The molecule has 28 heavy (non-hydrogen) atoms. The van der Waals surface area contributed by atoms with Crippen molar-refractivity contribution in [1.29, 1.82) is 0 Å². The van der Waals surface area contributed by atoms with Gasteiger partial charge in [0.05, 0.1) is 16.1 Å². The third-order valence-electron chi connectivity index (χ3n) is 4.39. The van der Waals surface area contributed by atoms with Crippen molar-refractivity contribution in [2.75, 3.05) is 6.54 Å². The van der Waals surface area contributed by atoms with Crippen LogP contribution in [0.15, 0.2) is 35.0 Å². The highest BCUT2D eigenvalue weighted by atomic mass is 32.1. The summed E-state index contributed by atoms with van der Waals surface area (Å²) in [4.78, 5) is 45.5. The van der Waals surface area contributed by atoms with Crippen LogP contribution in [-0.4, -0.2) is 44.3 Å². The van der Waals surface area contributed by atoms with E-state index in [9.17, 15) is 14.4 Å². The number of carbonyl (C=O) groups excluding carboxylic acids is 2. The fraction of sp³-hybridized carbons (Fsp3) is 0.211. The molecule has 0 aliphatic carbocycles. The third kappa shape index (κ3) is 3.46. The Hall–Kier alpha value is -2.91. The molecule has 1 aromatic carbocycles. The van der Waals surface area contributed by atoms with E-state index >= 15 is 0 Å². The monoisotopic (exact) mass is 413 g/mol. The predicted octanol–water partition coefficient (Wildman–Crippen LogP) is 3.58. The molecule has 0 spiro atoms. The highest BCUT2D eigenvalue weighted by Gasteiger charge is 2.34. The molecule has 0 fully saturated rings. The molecule has 3 aromatic rings. The number of carboxylic acids is 1. The maximum atomic E-state index is 12.3. The summed E-state index contributed by atoms with van der Waals surface area (Å²) < 4.78 is 0. The summed E-state index contributed by atoms with van der Waals surface area (Å²) in [5.41, 5.74) is 1.65. The molecular formula is C19H15N3O4S2. The quantitative estimate of drug-likeness (QED) is 0.469. The molecular weight excluding hydrogens is 398 g/mol. The van der Waals surface area contributed by atoms with Gasteiger partial charge in [-0.1, -0.05) is 12.1 Å². The molecule has 1 aliphatic heterocycles. The van der Waals surface area contributed by atoms with Crippen LogP contribution in [0.4, 0.5) is 0 Å². The number of rotatable bonds is 7. The van der Waals surface area contributed by atoms with Crippen LogP contribution in [0.5, 0.6) is 0 Å². The Kier molecular flexibility index (Phi) is 5.01. The van der Waals surface area contributed by atoms with Gasteiger partial charge in [-0.05, 0) is 31.4 Å². The number of aryl methyl sites for hydroxylation is 1. The molecule has 1 aliphatic rings. The molecule has 0 bridgehead atoms. The predicted molar refractivity (Wildman–Crippen MR) is 105 cm³/mol. The van der Waals surface area contributed by atoms with E-state index in [1.807, 2.05) is 5.38 Å². The van der Waals surface area contributed by atoms with Crippen molar-refractivity contribution in [3.8, 4) is 10.7 Å². The highest BCUT2D eigenvalue weighted by molar-refractivity contribution is 7.14. The van der Waals surface area contributed by atoms with Gasteiger partial charge in [-0.2, -0.15) is 0 Å². The van der Waals surface area contributed by atoms with Crippen LogP contribution in [0.3, 0.4) is 0 Å². The van der Waals surface area contributed by atoms with Crippen LogP contribution in [0.25, 0.3) is 10.7 Å². The number of unbranched alkanes of at least 4 members (excludes halogenated alkanes) is 1. The van der Waals surface area contributed by atoms with E-state index in [4.69, 9.17) is 5.11 Å². The third-order valence-corrected chi connectivity index (χ3v) is 6.17.